The average molecular weight is 370 g/mol. The summed E-state index contributed by atoms with van der Waals surface area (Å²) in [6, 6.07) is 14.4. The highest BCUT2D eigenvalue weighted by Crippen LogP contribution is 2.26. The Labute approximate surface area is 154 Å². The van der Waals surface area contributed by atoms with E-state index >= 15 is 0 Å². The molecular formula is C20H16ClNO4. The smallest absolute Gasteiger partial charge is 0.336 e. The number of hydrogen-bond acceptors (Lipinski definition) is 5. The first-order chi connectivity index (χ1) is 12.6. The Morgan fingerprint density at radius 3 is 2.88 bits per heavy atom. The Morgan fingerprint density at radius 2 is 2.04 bits per heavy atom. The molecule has 1 aliphatic heterocycles. The van der Waals surface area contributed by atoms with Crippen LogP contribution in [0.25, 0.3) is 16.7 Å². The molecule has 26 heavy (non-hydrogen) atoms. The van der Waals surface area contributed by atoms with E-state index in [-0.39, 0.29) is 11.7 Å². The number of halogens is 1. The molecule has 1 aliphatic rings. The second-order valence-electron chi connectivity index (χ2n) is 6.04. The molecule has 0 radical (unpaired) electrons. The fourth-order valence-electron chi connectivity index (χ4n) is 2.87. The van der Waals surface area contributed by atoms with Crippen LogP contribution >= 0.6 is 11.6 Å². The van der Waals surface area contributed by atoms with Crippen LogP contribution in [0.5, 0.6) is 5.75 Å². The lowest BCUT2D eigenvalue weighted by atomic mass is 10.1. The molecule has 1 N–H and O–H groups in total. The van der Waals surface area contributed by atoms with Crippen molar-refractivity contribution in [2.45, 2.75) is 13.0 Å². The Balaban J connectivity index is 1.49. The normalized spacial score (nSPS) is 16.4. The maximum atomic E-state index is 11.5. The van der Waals surface area contributed by atoms with Crippen molar-refractivity contribution in [3.8, 4) is 5.75 Å². The van der Waals surface area contributed by atoms with Gasteiger partial charge in [0.2, 0.25) is 0 Å². The predicted octanol–water partition coefficient (Wildman–Crippen LogP) is 4.08. The maximum absolute atomic E-state index is 11.5. The van der Waals surface area contributed by atoms with E-state index in [1.54, 1.807) is 6.07 Å². The molecule has 5 nitrogen and oxygen atoms in total. The third-order valence-corrected chi connectivity index (χ3v) is 4.50. The van der Waals surface area contributed by atoms with Crippen LogP contribution in [0.3, 0.4) is 0 Å². The molecule has 1 aromatic heterocycles. The third kappa shape index (κ3) is 3.31. The second-order valence-corrected chi connectivity index (χ2v) is 6.44. The molecule has 132 valence electrons. The van der Waals surface area contributed by atoms with Gasteiger partial charge in [0.25, 0.3) is 0 Å². The van der Waals surface area contributed by atoms with Gasteiger partial charge in [0, 0.05) is 28.1 Å². The third-order valence-electron chi connectivity index (χ3n) is 4.17. The van der Waals surface area contributed by atoms with Crippen LogP contribution < -0.4 is 15.8 Å². The summed E-state index contributed by atoms with van der Waals surface area (Å²) in [6.45, 7) is 2.18. The molecule has 0 fully saturated rings. The topological polar surface area (TPSA) is 60.7 Å². The first-order valence-electron chi connectivity index (χ1n) is 8.16. The van der Waals surface area contributed by atoms with E-state index in [1.807, 2.05) is 49.4 Å². The molecule has 0 saturated carbocycles. The number of fused-ring (bicyclic) bond motifs is 1. The number of benzene rings is 2. The lowest BCUT2D eigenvalue weighted by Gasteiger charge is -2.10. The summed E-state index contributed by atoms with van der Waals surface area (Å²) >= 11 is 6.20. The molecule has 3 aromatic rings. The summed E-state index contributed by atoms with van der Waals surface area (Å²) in [5.41, 5.74) is 5.57. The molecule has 4 rings (SSSR count). The van der Waals surface area contributed by atoms with Crippen LogP contribution in [0, 0.1) is 6.92 Å². The van der Waals surface area contributed by atoms with Crippen molar-refractivity contribution >= 4 is 28.3 Å². The van der Waals surface area contributed by atoms with Crippen LogP contribution in [0.2, 0.25) is 5.02 Å². The zero-order chi connectivity index (χ0) is 18.1. The summed E-state index contributed by atoms with van der Waals surface area (Å²) < 4.78 is 11.0. The summed E-state index contributed by atoms with van der Waals surface area (Å²) in [6.07, 6.45) is 1.66. The van der Waals surface area contributed by atoms with Crippen LogP contribution in [0.4, 0.5) is 0 Å². The Kier molecular flexibility index (Phi) is 4.41. The first-order valence-corrected chi connectivity index (χ1v) is 8.53. The fraction of sp³-hybridized carbons (Fsp3) is 0.150. The number of rotatable bonds is 4. The van der Waals surface area contributed by atoms with Gasteiger partial charge in [0.05, 0.1) is 5.70 Å². The Hall–Kier alpha value is -2.76. The second kappa shape index (κ2) is 6.86. The molecule has 0 aliphatic carbocycles. The van der Waals surface area contributed by atoms with Gasteiger partial charge in [-0.05, 0) is 36.8 Å². The number of aryl methyl sites for hydroxylation is 1. The van der Waals surface area contributed by atoms with E-state index in [4.69, 9.17) is 25.6 Å². The van der Waals surface area contributed by atoms with Crippen molar-refractivity contribution in [2.24, 2.45) is 0 Å². The average Bonchev–Trinajstić information content (AvgIpc) is 3.08. The van der Waals surface area contributed by atoms with Crippen LogP contribution in [-0.4, -0.2) is 12.7 Å². The zero-order valence-corrected chi connectivity index (χ0v) is 14.7. The van der Waals surface area contributed by atoms with E-state index in [0.717, 1.165) is 22.2 Å². The van der Waals surface area contributed by atoms with Gasteiger partial charge in [-0.25, -0.2) is 4.79 Å². The zero-order valence-electron chi connectivity index (χ0n) is 14.0. The van der Waals surface area contributed by atoms with E-state index < -0.39 is 0 Å². The molecule has 0 unspecified atom stereocenters. The van der Waals surface area contributed by atoms with Crippen LogP contribution in [0.15, 0.2) is 63.8 Å². The van der Waals surface area contributed by atoms with Gasteiger partial charge in [-0.15, -0.1) is 0 Å². The molecule has 0 spiro atoms. The van der Waals surface area contributed by atoms with E-state index in [1.165, 1.54) is 6.07 Å². The van der Waals surface area contributed by atoms with Gasteiger partial charge in [0.1, 0.15) is 24.0 Å². The Bertz CT molecular complexity index is 1060. The highest BCUT2D eigenvalue weighted by Gasteiger charge is 2.19. The van der Waals surface area contributed by atoms with E-state index in [9.17, 15) is 4.79 Å². The first kappa shape index (κ1) is 16.7. The van der Waals surface area contributed by atoms with Crippen LogP contribution in [-0.2, 0) is 4.84 Å². The highest BCUT2D eigenvalue weighted by molar-refractivity contribution is 6.32. The molecule has 0 bridgehead atoms. The van der Waals surface area contributed by atoms with Gasteiger partial charge >= 0.3 is 5.63 Å². The van der Waals surface area contributed by atoms with Gasteiger partial charge in [-0.1, -0.05) is 29.8 Å². The van der Waals surface area contributed by atoms with Gasteiger partial charge in [-0.3, -0.25) is 10.3 Å². The molecule has 2 aromatic carbocycles. The summed E-state index contributed by atoms with van der Waals surface area (Å²) in [7, 11) is 0. The predicted molar refractivity (Wildman–Crippen MR) is 100 cm³/mol. The van der Waals surface area contributed by atoms with Crippen molar-refractivity contribution in [2.75, 3.05) is 6.61 Å². The molecule has 0 amide bonds. The Morgan fingerprint density at radius 1 is 1.19 bits per heavy atom. The van der Waals surface area contributed by atoms with Crippen molar-refractivity contribution < 1.29 is 14.0 Å². The number of nitrogens with one attached hydrogen (secondary N) is 1. The minimum atomic E-state index is -0.372. The van der Waals surface area contributed by atoms with Gasteiger partial charge < -0.3 is 9.15 Å². The number of hydroxylamine groups is 1. The molecule has 2 heterocycles. The lowest BCUT2D eigenvalue weighted by Crippen LogP contribution is -2.19. The highest BCUT2D eigenvalue weighted by atomic mass is 35.5. The van der Waals surface area contributed by atoms with Crippen molar-refractivity contribution in [1.82, 2.24) is 5.48 Å². The standard InChI is InChI=1S/C20H16ClNO4/c1-12-8-20(23)25-19-10-13(6-7-15(12)19)24-11-14-9-18(22-26-14)16-4-2-3-5-17(16)21/h2-10,14,22H,11H2,1H3/t14-/m1/s1. The molecule has 6 heteroatoms. The van der Waals surface area contributed by atoms with Crippen molar-refractivity contribution in [3.63, 3.8) is 0 Å². The summed E-state index contributed by atoms with van der Waals surface area (Å²) in [4.78, 5) is 17.0. The summed E-state index contributed by atoms with van der Waals surface area (Å²) in [5.74, 6) is 0.606. The molecule has 0 saturated heterocycles. The maximum Gasteiger partial charge on any atom is 0.336 e. The van der Waals surface area contributed by atoms with Crippen molar-refractivity contribution in [3.05, 3.63) is 81.2 Å². The minimum Gasteiger partial charge on any atom is -0.490 e. The van der Waals surface area contributed by atoms with E-state index in [0.29, 0.717) is 23.0 Å². The summed E-state index contributed by atoms with van der Waals surface area (Å²) in [5, 5.41) is 1.54. The minimum absolute atomic E-state index is 0.263. The van der Waals surface area contributed by atoms with Gasteiger partial charge in [-0.2, -0.15) is 0 Å². The van der Waals surface area contributed by atoms with Crippen LogP contribution in [0.1, 0.15) is 11.1 Å². The van der Waals surface area contributed by atoms with E-state index in [2.05, 4.69) is 5.48 Å². The fourth-order valence-corrected chi connectivity index (χ4v) is 3.11. The number of ether oxygens (including phenoxy) is 1. The quantitative estimate of drug-likeness (QED) is 0.702. The lowest BCUT2D eigenvalue weighted by molar-refractivity contribution is 0.0236. The van der Waals surface area contributed by atoms with Crippen molar-refractivity contribution in [1.29, 1.82) is 0 Å². The largest absolute Gasteiger partial charge is 0.490 e. The molecule has 1 atom stereocenters. The molecular weight excluding hydrogens is 354 g/mol. The SMILES string of the molecule is Cc1cc(=O)oc2cc(OC[C@H]3C=C(c4ccccc4Cl)NO3)ccc12. The number of hydrogen-bond donors (Lipinski definition) is 1. The monoisotopic (exact) mass is 369 g/mol. The van der Waals surface area contributed by atoms with Gasteiger partial charge in [0.15, 0.2) is 0 Å².